The summed E-state index contributed by atoms with van der Waals surface area (Å²) >= 11 is 0. The second kappa shape index (κ2) is 4.48. The van der Waals surface area contributed by atoms with Gasteiger partial charge in [-0.1, -0.05) is 25.1 Å². The SMILES string of the molecule is CC(c1c[nH]c2ccccc12)C(C(=O)[O-])[N+](=O)[O-]. The van der Waals surface area contributed by atoms with Gasteiger partial charge in [0.2, 0.25) is 0 Å². The van der Waals surface area contributed by atoms with Gasteiger partial charge in [-0.3, -0.25) is 10.1 Å². The number of carbonyl (C=O) groups is 1. The Labute approximate surface area is 102 Å². The Bertz CT molecular complexity index is 591. The maximum absolute atomic E-state index is 10.9. The van der Waals surface area contributed by atoms with Crippen LogP contribution in [-0.2, 0) is 4.79 Å². The Morgan fingerprint density at radius 3 is 2.67 bits per heavy atom. The van der Waals surface area contributed by atoms with Gasteiger partial charge in [-0.2, -0.15) is 0 Å². The van der Waals surface area contributed by atoms with E-state index in [4.69, 9.17) is 0 Å². The summed E-state index contributed by atoms with van der Waals surface area (Å²) in [7, 11) is 0. The van der Waals surface area contributed by atoms with Crippen LogP contribution in [0.15, 0.2) is 30.5 Å². The van der Waals surface area contributed by atoms with Gasteiger partial charge in [0.05, 0.1) is 5.92 Å². The molecule has 0 radical (unpaired) electrons. The number of aliphatic carboxylic acids is 1. The molecule has 1 aromatic carbocycles. The van der Waals surface area contributed by atoms with Gasteiger partial charge in [-0.25, -0.2) is 0 Å². The fourth-order valence-electron chi connectivity index (χ4n) is 2.11. The lowest BCUT2D eigenvalue weighted by molar-refractivity contribution is -0.526. The molecule has 94 valence electrons. The molecule has 0 aliphatic heterocycles. The minimum atomic E-state index is -1.75. The molecule has 0 fully saturated rings. The molecule has 2 unspecified atom stereocenters. The summed E-state index contributed by atoms with van der Waals surface area (Å²) in [4.78, 5) is 23.8. The lowest BCUT2D eigenvalue weighted by Gasteiger charge is -2.17. The third-order valence-electron chi connectivity index (χ3n) is 3.05. The van der Waals surface area contributed by atoms with Crippen LogP contribution in [0.25, 0.3) is 10.9 Å². The molecule has 0 saturated carbocycles. The van der Waals surface area contributed by atoms with Gasteiger partial charge in [0.15, 0.2) is 0 Å². The van der Waals surface area contributed by atoms with Crippen molar-refractivity contribution in [2.45, 2.75) is 18.9 Å². The van der Waals surface area contributed by atoms with Crippen molar-refractivity contribution in [3.8, 4) is 0 Å². The van der Waals surface area contributed by atoms with Crippen LogP contribution < -0.4 is 5.11 Å². The van der Waals surface area contributed by atoms with E-state index in [0.29, 0.717) is 5.56 Å². The predicted molar refractivity (Wildman–Crippen MR) is 62.5 cm³/mol. The van der Waals surface area contributed by atoms with Crippen LogP contribution in [0.4, 0.5) is 0 Å². The van der Waals surface area contributed by atoms with E-state index in [-0.39, 0.29) is 0 Å². The van der Waals surface area contributed by atoms with Gasteiger partial charge in [0.25, 0.3) is 6.04 Å². The van der Waals surface area contributed by atoms with E-state index in [1.807, 2.05) is 12.1 Å². The average molecular weight is 247 g/mol. The largest absolute Gasteiger partial charge is 0.543 e. The van der Waals surface area contributed by atoms with Crippen molar-refractivity contribution in [3.63, 3.8) is 0 Å². The highest BCUT2D eigenvalue weighted by Gasteiger charge is 2.32. The summed E-state index contributed by atoms with van der Waals surface area (Å²) in [6.45, 7) is 1.51. The number of nitro groups is 1. The smallest absolute Gasteiger partial charge is 0.258 e. The fourth-order valence-corrected chi connectivity index (χ4v) is 2.11. The molecule has 0 saturated heterocycles. The molecule has 0 amide bonds. The highest BCUT2D eigenvalue weighted by Crippen LogP contribution is 2.28. The number of para-hydroxylation sites is 1. The van der Waals surface area contributed by atoms with Crippen molar-refractivity contribution in [2.75, 3.05) is 0 Å². The number of nitrogens with one attached hydrogen (secondary N) is 1. The number of aromatic amines is 1. The van der Waals surface area contributed by atoms with Crippen molar-refractivity contribution >= 4 is 16.9 Å². The number of carboxylic acids is 1. The van der Waals surface area contributed by atoms with E-state index < -0.39 is 22.9 Å². The van der Waals surface area contributed by atoms with Crippen LogP contribution in [0.3, 0.4) is 0 Å². The lowest BCUT2D eigenvalue weighted by Crippen LogP contribution is -2.44. The van der Waals surface area contributed by atoms with Crippen molar-refractivity contribution in [2.24, 2.45) is 0 Å². The van der Waals surface area contributed by atoms with E-state index in [1.54, 1.807) is 18.3 Å². The van der Waals surface area contributed by atoms with Crippen LogP contribution in [0.2, 0.25) is 0 Å². The van der Waals surface area contributed by atoms with Crippen molar-refractivity contribution in [1.29, 1.82) is 0 Å². The molecule has 2 atom stereocenters. The minimum Gasteiger partial charge on any atom is -0.543 e. The highest BCUT2D eigenvalue weighted by atomic mass is 16.6. The van der Waals surface area contributed by atoms with Crippen LogP contribution in [0.1, 0.15) is 18.4 Å². The molecule has 2 rings (SSSR count). The molecule has 1 heterocycles. The number of rotatable bonds is 4. The molecule has 6 nitrogen and oxygen atoms in total. The van der Waals surface area contributed by atoms with Crippen molar-refractivity contribution in [3.05, 3.63) is 46.1 Å². The predicted octanol–water partition coefficient (Wildman–Crippen LogP) is 0.667. The Kier molecular flexibility index (Phi) is 3.01. The zero-order valence-electron chi connectivity index (χ0n) is 9.62. The van der Waals surface area contributed by atoms with E-state index in [0.717, 1.165) is 10.9 Å². The maximum atomic E-state index is 10.9. The summed E-state index contributed by atoms with van der Waals surface area (Å²) in [5.41, 5.74) is 1.43. The normalized spacial score (nSPS) is 14.3. The molecule has 0 aliphatic carbocycles. The molecule has 6 heteroatoms. The van der Waals surface area contributed by atoms with Gasteiger partial charge in [0.1, 0.15) is 5.97 Å². The van der Waals surface area contributed by atoms with Gasteiger partial charge in [0, 0.05) is 22.0 Å². The number of hydrogen-bond donors (Lipinski definition) is 1. The highest BCUT2D eigenvalue weighted by molar-refractivity contribution is 5.84. The van der Waals surface area contributed by atoms with Crippen molar-refractivity contribution in [1.82, 2.24) is 4.98 Å². The molecular formula is C12H11N2O4-. The Hall–Kier alpha value is -2.37. The number of benzene rings is 1. The van der Waals surface area contributed by atoms with Gasteiger partial charge in [-0.15, -0.1) is 0 Å². The molecule has 1 aromatic heterocycles. The van der Waals surface area contributed by atoms with Crippen molar-refractivity contribution < 1.29 is 14.8 Å². The second-order valence-electron chi connectivity index (χ2n) is 4.13. The standard InChI is InChI=1S/C12H12N2O4/c1-7(11(12(15)16)14(17)18)9-6-13-10-5-3-2-4-8(9)10/h2-7,11,13H,1H3,(H,15,16)/p-1. The second-order valence-corrected chi connectivity index (χ2v) is 4.13. The number of H-pyrrole nitrogens is 1. The van der Waals surface area contributed by atoms with Gasteiger partial charge < -0.3 is 14.9 Å². The van der Waals surface area contributed by atoms with Crippen LogP contribution >= 0.6 is 0 Å². The Balaban J connectivity index is 2.47. The lowest BCUT2D eigenvalue weighted by atomic mass is 9.93. The molecule has 1 N–H and O–H groups in total. The van der Waals surface area contributed by atoms with Gasteiger partial charge >= 0.3 is 0 Å². The first-order valence-corrected chi connectivity index (χ1v) is 5.42. The van der Waals surface area contributed by atoms with Crippen LogP contribution in [0, 0.1) is 10.1 Å². The minimum absolute atomic E-state index is 0.608. The summed E-state index contributed by atoms with van der Waals surface area (Å²) in [6.07, 6.45) is 1.61. The summed E-state index contributed by atoms with van der Waals surface area (Å²) < 4.78 is 0. The topological polar surface area (TPSA) is 99.1 Å². The first kappa shape index (κ1) is 12.1. The third kappa shape index (κ3) is 1.92. The van der Waals surface area contributed by atoms with Crippen LogP contribution in [0.5, 0.6) is 0 Å². The van der Waals surface area contributed by atoms with E-state index in [1.165, 1.54) is 6.92 Å². The zero-order chi connectivity index (χ0) is 13.3. The molecule has 0 spiro atoms. The number of hydrogen-bond acceptors (Lipinski definition) is 4. The van der Waals surface area contributed by atoms with E-state index in [2.05, 4.69) is 4.98 Å². The molecule has 0 aliphatic rings. The molecular weight excluding hydrogens is 236 g/mol. The number of aromatic nitrogens is 1. The Morgan fingerprint density at radius 2 is 2.06 bits per heavy atom. The number of nitrogens with zero attached hydrogens (tertiary/aromatic N) is 1. The summed E-state index contributed by atoms with van der Waals surface area (Å²) in [5, 5.41) is 22.4. The average Bonchev–Trinajstić information content (AvgIpc) is 2.71. The number of carboxylic acid groups (broad SMARTS) is 1. The number of carbonyl (C=O) groups excluding carboxylic acids is 1. The first-order chi connectivity index (χ1) is 8.52. The summed E-state index contributed by atoms with van der Waals surface area (Å²) in [5.74, 6) is -2.43. The van der Waals surface area contributed by atoms with Gasteiger partial charge in [-0.05, 0) is 11.6 Å². The summed E-state index contributed by atoms with van der Waals surface area (Å²) in [6, 6.07) is 5.50. The third-order valence-corrected chi connectivity index (χ3v) is 3.05. The fraction of sp³-hybridized carbons (Fsp3) is 0.250. The molecule has 2 aromatic rings. The van der Waals surface area contributed by atoms with E-state index in [9.17, 15) is 20.0 Å². The maximum Gasteiger partial charge on any atom is 0.258 e. The molecule has 0 bridgehead atoms. The van der Waals surface area contributed by atoms with Crippen LogP contribution in [-0.4, -0.2) is 21.9 Å². The monoisotopic (exact) mass is 247 g/mol. The zero-order valence-corrected chi connectivity index (χ0v) is 9.62. The first-order valence-electron chi connectivity index (χ1n) is 5.42. The molecule has 18 heavy (non-hydrogen) atoms. The van der Waals surface area contributed by atoms with E-state index >= 15 is 0 Å². The quantitative estimate of drug-likeness (QED) is 0.633. The Morgan fingerprint density at radius 1 is 1.39 bits per heavy atom. The number of fused-ring (bicyclic) bond motifs is 1.